The van der Waals surface area contributed by atoms with E-state index in [2.05, 4.69) is 10.3 Å². The molecule has 2 aromatic heterocycles. The van der Waals surface area contributed by atoms with E-state index in [1.807, 2.05) is 0 Å². The molecule has 0 aliphatic rings. The maximum Gasteiger partial charge on any atom is 0.333 e. The number of H-pyrrole nitrogens is 1. The molecule has 0 unspecified atom stereocenters. The second kappa shape index (κ2) is 7.27. The summed E-state index contributed by atoms with van der Waals surface area (Å²) < 4.78 is 29.2. The molecule has 2 N–H and O–H groups in total. The highest BCUT2D eigenvalue weighted by Crippen LogP contribution is 2.20. The van der Waals surface area contributed by atoms with Crippen LogP contribution in [-0.2, 0) is 7.05 Å². The fourth-order valence-electron chi connectivity index (χ4n) is 3.15. The Morgan fingerprint density at radius 1 is 1.10 bits per heavy atom. The van der Waals surface area contributed by atoms with Gasteiger partial charge in [0, 0.05) is 24.3 Å². The summed E-state index contributed by atoms with van der Waals surface area (Å²) in [6, 6.07) is 8.79. The van der Waals surface area contributed by atoms with Gasteiger partial charge < -0.3 is 14.9 Å². The lowest BCUT2D eigenvalue weighted by atomic mass is 10.2. The van der Waals surface area contributed by atoms with Crippen molar-refractivity contribution < 1.29 is 13.6 Å². The lowest BCUT2D eigenvalue weighted by Gasteiger charge is -2.07. The zero-order valence-corrected chi connectivity index (χ0v) is 16.1. The quantitative estimate of drug-likeness (QED) is 0.523. The number of carbonyl (C=O) groups excluding carboxylic acids is 1. The van der Waals surface area contributed by atoms with Crippen molar-refractivity contribution in [3.8, 4) is 5.69 Å². The summed E-state index contributed by atoms with van der Waals surface area (Å²) in [5, 5.41) is 2.75. The molecule has 30 heavy (non-hydrogen) atoms. The van der Waals surface area contributed by atoms with Gasteiger partial charge in [0.1, 0.15) is 17.2 Å². The monoisotopic (exact) mass is 430 g/mol. The molecule has 10 heteroatoms. The highest BCUT2D eigenvalue weighted by molar-refractivity contribution is 6.30. The summed E-state index contributed by atoms with van der Waals surface area (Å²) in [4.78, 5) is 40.8. The number of halogens is 3. The molecule has 152 valence electrons. The van der Waals surface area contributed by atoms with Crippen LogP contribution in [-0.4, -0.2) is 20.0 Å². The fraction of sp³-hybridized carbons (Fsp3) is 0.0500. The Labute approximate surface area is 172 Å². The minimum absolute atomic E-state index is 0.00210. The fourth-order valence-corrected chi connectivity index (χ4v) is 3.28. The van der Waals surface area contributed by atoms with Gasteiger partial charge in [-0.15, -0.1) is 0 Å². The maximum absolute atomic E-state index is 13.9. The number of nitrogens with zero attached hydrogens (tertiary/aromatic N) is 2. The van der Waals surface area contributed by atoms with Crippen LogP contribution < -0.4 is 16.6 Å². The number of aromatic nitrogens is 3. The van der Waals surface area contributed by atoms with Gasteiger partial charge in [0.2, 0.25) is 0 Å². The first-order valence-corrected chi connectivity index (χ1v) is 9.01. The smallest absolute Gasteiger partial charge is 0.333 e. The molecule has 0 atom stereocenters. The first-order chi connectivity index (χ1) is 14.3. The van der Waals surface area contributed by atoms with Gasteiger partial charge in [-0.2, -0.15) is 0 Å². The van der Waals surface area contributed by atoms with Gasteiger partial charge in [-0.3, -0.25) is 9.59 Å². The van der Waals surface area contributed by atoms with Crippen molar-refractivity contribution >= 4 is 34.2 Å². The number of carbonyl (C=O) groups is 1. The predicted molar refractivity (Wildman–Crippen MR) is 108 cm³/mol. The Hall–Kier alpha value is -3.72. The number of nitrogens with one attached hydrogen (secondary N) is 2. The molecular weight excluding hydrogens is 418 g/mol. The van der Waals surface area contributed by atoms with Crippen LogP contribution in [0.15, 0.2) is 58.3 Å². The molecule has 0 saturated heterocycles. The number of fused-ring (bicyclic) bond motifs is 1. The summed E-state index contributed by atoms with van der Waals surface area (Å²) in [6.45, 7) is 0. The van der Waals surface area contributed by atoms with Gasteiger partial charge in [0.05, 0.1) is 22.5 Å². The highest BCUT2D eigenvalue weighted by atomic mass is 35.5. The Balaban J connectivity index is 1.83. The molecule has 0 fully saturated rings. The van der Waals surface area contributed by atoms with Gasteiger partial charge in [-0.05, 0) is 36.4 Å². The van der Waals surface area contributed by atoms with Crippen LogP contribution in [0.4, 0.5) is 14.5 Å². The number of aryl methyl sites for hydroxylation is 1. The third kappa shape index (κ3) is 3.29. The van der Waals surface area contributed by atoms with Crippen LogP contribution in [0.2, 0.25) is 5.02 Å². The molecule has 0 aliphatic heterocycles. The van der Waals surface area contributed by atoms with Crippen molar-refractivity contribution in [1.82, 2.24) is 14.1 Å². The molecule has 0 aliphatic carbocycles. The molecule has 2 heterocycles. The second-order valence-corrected chi connectivity index (χ2v) is 6.94. The second-order valence-electron chi connectivity index (χ2n) is 6.50. The van der Waals surface area contributed by atoms with Crippen molar-refractivity contribution in [3.63, 3.8) is 0 Å². The van der Waals surface area contributed by atoms with Crippen LogP contribution in [0.3, 0.4) is 0 Å². The van der Waals surface area contributed by atoms with Crippen molar-refractivity contribution in [2.45, 2.75) is 0 Å². The topological polar surface area (TPSA) is 88.9 Å². The van der Waals surface area contributed by atoms with Crippen LogP contribution >= 0.6 is 11.6 Å². The SMILES string of the molecule is Cn1cc(C(=O)Nc2ccc(F)cc2F)c2[nH]c(=O)n(-c3ccc(Cl)cc3)c(=O)c21. The molecule has 4 aromatic rings. The summed E-state index contributed by atoms with van der Waals surface area (Å²) in [5.74, 6) is -2.52. The van der Waals surface area contributed by atoms with Gasteiger partial charge in [0.15, 0.2) is 0 Å². The largest absolute Gasteiger partial charge is 0.344 e. The average Bonchev–Trinajstić information content (AvgIpc) is 3.02. The molecule has 1 amide bonds. The number of benzene rings is 2. The van der Waals surface area contributed by atoms with Crippen LogP contribution in [0.1, 0.15) is 10.4 Å². The summed E-state index contributed by atoms with van der Waals surface area (Å²) >= 11 is 5.85. The van der Waals surface area contributed by atoms with E-state index in [0.29, 0.717) is 16.8 Å². The van der Waals surface area contributed by atoms with E-state index in [9.17, 15) is 23.2 Å². The third-order valence-corrected chi connectivity index (χ3v) is 4.78. The number of rotatable bonds is 3. The number of aromatic amines is 1. The Morgan fingerprint density at radius 3 is 2.47 bits per heavy atom. The van der Waals surface area contributed by atoms with E-state index in [4.69, 9.17) is 11.6 Å². The number of anilines is 1. The van der Waals surface area contributed by atoms with E-state index >= 15 is 0 Å². The van der Waals surface area contributed by atoms with E-state index in [0.717, 1.165) is 16.7 Å². The summed E-state index contributed by atoms with van der Waals surface area (Å²) in [5.41, 5.74) is -1.34. The molecular formula is C20H13ClF2N4O3. The Morgan fingerprint density at radius 2 is 1.80 bits per heavy atom. The van der Waals surface area contributed by atoms with Gasteiger partial charge in [-0.1, -0.05) is 11.6 Å². The third-order valence-electron chi connectivity index (χ3n) is 4.53. The van der Waals surface area contributed by atoms with Gasteiger partial charge in [-0.25, -0.2) is 18.1 Å². The molecule has 0 saturated carbocycles. The first-order valence-electron chi connectivity index (χ1n) is 8.63. The lowest BCUT2D eigenvalue weighted by molar-refractivity contribution is 0.102. The van der Waals surface area contributed by atoms with Gasteiger partial charge in [0.25, 0.3) is 11.5 Å². The van der Waals surface area contributed by atoms with Crippen molar-refractivity contribution in [2.24, 2.45) is 7.05 Å². The van der Waals surface area contributed by atoms with Crippen LogP contribution in [0.5, 0.6) is 0 Å². The Bertz CT molecular complexity index is 1420. The molecule has 0 spiro atoms. The molecule has 2 aromatic carbocycles. The van der Waals surface area contributed by atoms with E-state index < -0.39 is 28.8 Å². The molecule has 0 bridgehead atoms. The van der Waals surface area contributed by atoms with Crippen molar-refractivity contribution in [1.29, 1.82) is 0 Å². The highest BCUT2D eigenvalue weighted by Gasteiger charge is 2.21. The lowest BCUT2D eigenvalue weighted by Crippen LogP contribution is -2.34. The van der Waals surface area contributed by atoms with Crippen molar-refractivity contribution in [3.05, 3.63) is 91.7 Å². The summed E-state index contributed by atoms with van der Waals surface area (Å²) in [6.07, 6.45) is 1.34. The van der Waals surface area contributed by atoms with Gasteiger partial charge >= 0.3 is 5.69 Å². The zero-order chi connectivity index (χ0) is 21.6. The predicted octanol–water partition coefficient (Wildman–Crippen LogP) is 3.20. The minimum Gasteiger partial charge on any atom is -0.344 e. The first kappa shape index (κ1) is 19.6. The Kier molecular flexibility index (Phi) is 4.75. The standard InChI is InChI=1S/C20H13ClF2N4O3/c1-26-9-13(18(28)24-15-7-4-11(22)8-14(15)23)16-17(26)19(29)27(20(30)25-16)12-5-2-10(21)3-6-12/h2-9H,1H3,(H,24,28)(H,25,30). The van der Waals surface area contributed by atoms with Crippen molar-refractivity contribution in [2.75, 3.05) is 5.32 Å². The van der Waals surface area contributed by atoms with E-state index in [1.54, 1.807) is 0 Å². The van der Waals surface area contributed by atoms with E-state index in [1.165, 1.54) is 42.1 Å². The minimum atomic E-state index is -0.956. The number of hydrogen-bond donors (Lipinski definition) is 2. The molecule has 0 radical (unpaired) electrons. The van der Waals surface area contributed by atoms with E-state index in [-0.39, 0.29) is 22.3 Å². The van der Waals surface area contributed by atoms with Crippen LogP contribution in [0.25, 0.3) is 16.7 Å². The average molecular weight is 431 g/mol. The maximum atomic E-state index is 13.9. The number of hydrogen-bond acceptors (Lipinski definition) is 3. The molecule has 4 rings (SSSR count). The van der Waals surface area contributed by atoms with Crippen LogP contribution in [0, 0.1) is 11.6 Å². The zero-order valence-electron chi connectivity index (χ0n) is 15.4. The molecule has 7 nitrogen and oxygen atoms in total. The normalized spacial score (nSPS) is 11.1. The summed E-state index contributed by atoms with van der Waals surface area (Å²) in [7, 11) is 1.53. The number of amides is 1.